The van der Waals surface area contributed by atoms with Gasteiger partial charge in [-0.05, 0) is 12.8 Å². The fraction of sp³-hybridized carbons (Fsp3) is 0.688. The quantitative estimate of drug-likeness (QED) is 0.762. The van der Waals surface area contributed by atoms with E-state index in [4.69, 9.17) is 5.73 Å². The number of carbonyl (C=O) groups excluding carboxylic acids is 2. The molecule has 2 amide bonds. The lowest BCUT2D eigenvalue weighted by molar-refractivity contribution is -0.134. The summed E-state index contributed by atoms with van der Waals surface area (Å²) in [4.78, 5) is 33.7. The van der Waals surface area contributed by atoms with Crippen LogP contribution in [0.1, 0.15) is 23.7 Å². The Balaban J connectivity index is 1.71. The predicted octanol–water partition coefficient (Wildman–Crippen LogP) is 0.195. The van der Waals surface area contributed by atoms with Crippen LogP contribution in [0.5, 0.6) is 0 Å². The van der Waals surface area contributed by atoms with E-state index in [1.165, 1.54) is 4.88 Å². The van der Waals surface area contributed by atoms with E-state index in [0.29, 0.717) is 13.1 Å². The lowest BCUT2D eigenvalue weighted by Gasteiger charge is -2.34. The highest BCUT2D eigenvalue weighted by Gasteiger charge is 2.23. The Morgan fingerprint density at radius 2 is 2.00 bits per heavy atom. The summed E-state index contributed by atoms with van der Waals surface area (Å²) in [5.41, 5.74) is 5.77. The van der Waals surface area contributed by atoms with E-state index in [9.17, 15) is 9.59 Å². The number of nitrogens with two attached hydrogens (primary N) is 1. The molecule has 1 atom stereocenters. The van der Waals surface area contributed by atoms with Gasteiger partial charge >= 0.3 is 0 Å². The maximum absolute atomic E-state index is 12.2. The maximum atomic E-state index is 12.2. The van der Waals surface area contributed by atoms with Crippen LogP contribution in [0, 0.1) is 12.8 Å². The molecule has 1 aromatic heterocycles. The molecule has 1 fully saturated rings. The summed E-state index contributed by atoms with van der Waals surface area (Å²) in [5.74, 6) is -0.260. The standard InChI is InChI=1S/C16H27N5O2S/c1-11(2)15(17)16(23)19-9-14(22)21-6-4-20(5-7-21)10-13-8-18-12(3)24-13/h8,11,15H,4-7,9-10,17H2,1-3H3,(H,19,23)/t15-/m0/s1. The Morgan fingerprint density at radius 1 is 1.33 bits per heavy atom. The summed E-state index contributed by atoms with van der Waals surface area (Å²) in [6.07, 6.45) is 1.92. The molecule has 1 saturated heterocycles. The van der Waals surface area contributed by atoms with Gasteiger partial charge in [-0.3, -0.25) is 14.5 Å². The average molecular weight is 353 g/mol. The second-order valence-corrected chi connectivity index (χ2v) is 7.81. The second kappa shape index (κ2) is 8.55. The van der Waals surface area contributed by atoms with Crippen LogP contribution in [-0.4, -0.2) is 65.4 Å². The molecular weight excluding hydrogens is 326 g/mol. The van der Waals surface area contributed by atoms with Crippen LogP contribution >= 0.6 is 11.3 Å². The summed E-state index contributed by atoms with van der Waals surface area (Å²) in [7, 11) is 0. The first-order valence-electron chi connectivity index (χ1n) is 8.31. The molecule has 7 nitrogen and oxygen atoms in total. The third-order valence-corrected chi connectivity index (χ3v) is 5.11. The zero-order chi connectivity index (χ0) is 17.7. The lowest BCUT2D eigenvalue weighted by Crippen LogP contribution is -2.52. The number of aromatic nitrogens is 1. The van der Waals surface area contributed by atoms with Crippen molar-refractivity contribution in [2.75, 3.05) is 32.7 Å². The number of nitrogens with one attached hydrogen (secondary N) is 1. The van der Waals surface area contributed by atoms with Gasteiger partial charge in [0.25, 0.3) is 0 Å². The van der Waals surface area contributed by atoms with E-state index in [1.807, 2.05) is 27.0 Å². The summed E-state index contributed by atoms with van der Waals surface area (Å²) in [5, 5.41) is 3.72. The van der Waals surface area contributed by atoms with Gasteiger partial charge in [0.15, 0.2) is 0 Å². The number of carbonyl (C=O) groups is 2. The summed E-state index contributed by atoms with van der Waals surface area (Å²) >= 11 is 1.71. The largest absolute Gasteiger partial charge is 0.346 e. The molecular formula is C16H27N5O2S. The summed E-state index contributed by atoms with van der Waals surface area (Å²) in [6, 6.07) is -0.572. The van der Waals surface area contributed by atoms with Crippen molar-refractivity contribution in [3.63, 3.8) is 0 Å². The van der Waals surface area contributed by atoms with Crippen molar-refractivity contribution in [2.24, 2.45) is 11.7 Å². The number of nitrogens with zero attached hydrogens (tertiary/aromatic N) is 3. The Morgan fingerprint density at radius 3 is 2.54 bits per heavy atom. The molecule has 0 unspecified atom stereocenters. The van der Waals surface area contributed by atoms with Crippen molar-refractivity contribution < 1.29 is 9.59 Å². The molecule has 8 heteroatoms. The molecule has 1 aromatic rings. The van der Waals surface area contributed by atoms with Crippen LogP contribution in [0.25, 0.3) is 0 Å². The molecule has 0 aromatic carbocycles. The molecule has 2 rings (SSSR count). The third-order valence-electron chi connectivity index (χ3n) is 4.21. The Hall–Kier alpha value is -1.51. The summed E-state index contributed by atoms with van der Waals surface area (Å²) < 4.78 is 0. The summed E-state index contributed by atoms with van der Waals surface area (Å²) in [6.45, 7) is 9.71. The molecule has 0 radical (unpaired) electrons. The number of hydrogen-bond donors (Lipinski definition) is 2. The Kier molecular flexibility index (Phi) is 6.70. The fourth-order valence-electron chi connectivity index (χ4n) is 2.55. The van der Waals surface area contributed by atoms with E-state index in [1.54, 1.807) is 16.2 Å². The van der Waals surface area contributed by atoms with Gasteiger partial charge in [0.1, 0.15) is 0 Å². The van der Waals surface area contributed by atoms with E-state index in [0.717, 1.165) is 24.6 Å². The van der Waals surface area contributed by atoms with Crippen molar-refractivity contribution >= 4 is 23.2 Å². The molecule has 1 aliphatic heterocycles. The van der Waals surface area contributed by atoms with Gasteiger partial charge < -0.3 is 16.0 Å². The van der Waals surface area contributed by atoms with Crippen molar-refractivity contribution in [1.29, 1.82) is 0 Å². The monoisotopic (exact) mass is 353 g/mol. The number of aryl methyl sites for hydroxylation is 1. The number of hydrogen-bond acceptors (Lipinski definition) is 6. The first kappa shape index (κ1) is 18.8. The van der Waals surface area contributed by atoms with Gasteiger partial charge in [-0.15, -0.1) is 11.3 Å². The Bertz CT molecular complexity index is 567. The minimum Gasteiger partial charge on any atom is -0.346 e. The van der Waals surface area contributed by atoms with Gasteiger partial charge in [-0.2, -0.15) is 0 Å². The van der Waals surface area contributed by atoms with Crippen molar-refractivity contribution in [2.45, 2.75) is 33.4 Å². The number of amides is 2. The van der Waals surface area contributed by atoms with Crippen molar-refractivity contribution in [1.82, 2.24) is 20.1 Å². The maximum Gasteiger partial charge on any atom is 0.242 e. The Labute approximate surface area is 147 Å². The molecule has 24 heavy (non-hydrogen) atoms. The number of piperazine rings is 1. The van der Waals surface area contributed by atoms with Crippen LogP contribution in [0.4, 0.5) is 0 Å². The van der Waals surface area contributed by atoms with Crippen LogP contribution in [0.2, 0.25) is 0 Å². The lowest BCUT2D eigenvalue weighted by atomic mass is 10.1. The van der Waals surface area contributed by atoms with E-state index in [-0.39, 0.29) is 24.3 Å². The smallest absolute Gasteiger partial charge is 0.242 e. The van der Waals surface area contributed by atoms with Crippen LogP contribution < -0.4 is 11.1 Å². The van der Waals surface area contributed by atoms with E-state index >= 15 is 0 Å². The molecule has 2 heterocycles. The van der Waals surface area contributed by atoms with Gasteiger partial charge in [0.2, 0.25) is 11.8 Å². The molecule has 0 bridgehead atoms. The average Bonchev–Trinajstić information content (AvgIpc) is 2.97. The highest BCUT2D eigenvalue weighted by Crippen LogP contribution is 2.15. The van der Waals surface area contributed by atoms with Gasteiger partial charge in [-0.1, -0.05) is 13.8 Å². The molecule has 0 aliphatic carbocycles. The van der Waals surface area contributed by atoms with Crippen molar-refractivity contribution in [3.8, 4) is 0 Å². The van der Waals surface area contributed by atoms with E-state index in [2.05, 4.69) is 15.2 Å². The SMILES string of the molecule is Cc1ncc(CN2CCN(C(=O)CNC(=O)[C@@H](N)C(C)C)CC2)s1. The predicted molar refractivity (Wildman–Crippen MR) is 94.5 cm³/mol. The van der Waals surface area contributed by atoms with Gasteiger partial charge in [0, 0.05) is 43.8 Å². The highest BCUT2D eigenvalue weighted by atomic mass is 32.1. The molecule has 3 N–H and O–H groups in total. The molecule has 0 saturated carbocycles. The number of rotatable bonds is 6. The fourth-order valence-corrected chi connectivity index (χ4v) is 3.39. The minimum absolute atomic E-state index is 0.0211. The first-order valence-corrected chi connectivity index (χ1v) is 9.13. The zero-order valence-corrected chi connectivity index (χ0v) is 15.4. The molecule has 134 valence electrons. The minimum atomic E-state index is -0.572. The van der Waals surface area contributed by atoms with Gasteiger partial charge in [0.05, 0.1) is 17.6 Å². The van der Waals surface area contributed by atoms with Crippen LogP contribution in [0.15, 0.2) is 6.20 Å². The number of thiazole rings is 1. The van der Waals surface area contributed by atoms with Crippen LogP contribution in [0.3, 0.4) is 0 Å². The second-order valence-electron chi connectivity index (χ2n) is 6.49. The normalized spacial score (nSPS) is 17.1. The zero-order valence-electron chi connectivity index (χ0n) is 14.6. The van der Waals surface area contributed by atoms with E-state index < -0.39 is 6.04 Å². The molecule has 1 aliphatic rings. The first-order chi connectivity index (χ1) is 11.4. The third kappa shape index (κ3) is 5.25. The van der Waals surface area contributed by atoms with Crippen LogP contribution in [-0.2, 0) is 16.1 Å². The van der Waals surface area contributed by atoms with Crippen molar-refractivity contribution in [3.05, 3.63) is 16.1 Å². The highest BCUT2D eigenvalue weighted by molar-refractivity contribution is 7.11. The van der Waals surface area contributed by atoms with Gasteiger partial charge in [-0.25, -0.2) is 4.98 Å². The topological polar surface area (TPSA) is 91.6 Å². The molecule has 0 spiro atoms.